The maximum atomic E-state index is 11.5. The predicted molar refractivity (Wildman–Crippen MR) is 79.4 cm³/mol. The van der Waals surface area contributed by atoms with Crippen LogP contribution in [0.5, 0.6) is 0 Å². The van der Waals surface area contributed by atoms with Crippen LogP contribution in [0.3, 0.4) is 0 Å². The molecule has 0 atom stereocenters. The summed E-state index contributed by atoms with van der Waals surface area (Å²) in [5.74, 6) is 0. The van der Waals surface area contributed by atoms with Crippen LogP contribution in [0.15, 0.2) is 16.9 Å². The molecule has 1 saturated heterocycles. The van der Waals surface area contributed by atoms with E-state index < -0.39 is 18.3 Å². The highest BCUT2D eigenvalue weighted by atomic mass is 16.7. The van der Waals surface area contributed by atoms with E-state index in [1.165, 1.54) is 0 Å². The Morgan fingerprint density at radius 3 is 2.25 bits per heavy atom. The third-order valence-electron chi connectivity index (χ3n) is 4.44. The molecule has 6 heteroatoms. The molecule has 2 aromatic rings. The Hall–Kier alpha value is -1.53. The van der Waals surface area contributed by atoms with Gasteiger partial charge in [-0.3, -0.25) is 0 Å². The molecule has 5 nitrogen and oxygen atoms in total. The van der Waals surface area contributed by atoms with Crippen molar-refractivity contribution in [1.82, 2.24) is 9.97 Å². The lowest BCUT2D eigenvalue weighted by molar-refractivity contribution is 0.00578. The van der Waals surface area contributed by atoms with Crippen LogP contribution in [0.25, 0.3) is 11.0 Å². The summed E-state index contributed by atoms with van der Waals surface area (Å²) in [7, 11) is -0.477. The molecule has 1 aromatic heterocycles. The molecule has 0 unspecified atom stereocenters. The zero-order valence-electron chi connectivity index (χ0n) is 12.5. The highest BCUT2D eigenvalue weighted by Gasteiger charge is 2.52. The van der Waals surface area contributed by atoms with Gasteiger partial charge in [0, 0.05) is 5.46 Å². The van der Waals surface area contributed by atoms with Gasteiger partial charge >= 0.3 is 12.8 Å². The molecule has 0 radical (unpaired) electrons. The molecule has 0 bridgehead atoms. The van der Waals surface area contributed by atoms with Gasteiger partial charge in [0.15, 0.2) is 0 Å². The van der Waals surface area contributed by atoms with Gasteiger partial charge in [-0.05, 0) is 46.2 Å². The van der Waals surface area contributed by atoms with Crippen LogP contribution < -0.4 is 11.2 Å². The molecule has 1 aromatic carbocycles. The Kier molecular flexibility index (Phi) is 2.69. The Morgan fingerprint density at radius 1 is 1.05 bits per heavy atom. The van der Waals surface area contributed by atoms with Crippen LogP contribution in [-0.2, 0) is 9.31 Å². The molecule has 1 aliphatic heterocycles. The fourth-order valence-corrected chi connectivity index (χ4v) is 2.49. The number of imidazole rings is 1. The number of H-pyrrole nitrogens is 2. The second-order valence-electron chi connectivity index (χ2n) is 6.39. The third kappa shape index (κ3) is 1.83. The summed E-state index contributed by atoms with van der Waals surface area (Å²) in [6.45, 7) is 10.1. The minimum Gasteiger partial charge on any atom is -0.399 e. The minimum atomic E-state index is -0.477. The zero-order valence-corrected chi connectivity index (χ0v) is 12.5. The molecule has 0 spiro atoms. The molecule has 0 aliphatic carbocycles. The van der Waals surface area contributed by atoms with E-state index in [0.29, 0.717) is 0 Å². The summed E-state index contributed by atoms with van der Waals surface area (Å²) in [6.07, 6.45) is 0. The van der Waals surface area contributed by atoms with Crippen molar-refractivity contribution < 1.29 is 9.31 Å². The van der Waals surface area contributed by atoms with E-state index in [-0.39, 0.29) is 5.69 Å². The summed E-state index contributed by atoms with van der Waals surface area (Å²) in [4.78, 5) is 17.1. The standard InChI is InChI=1S/C14H19BN2O3/c1-8-6-7-9-11(17-12(18)16-9)10(8)15-19-13(2,3)14(4,5)20-15/h6-7H,1-5H3,(H2,16,17,18). The number of hydrogen-bond donors (Lipinski definition) is 2. The second kappa shape index (κ2) is 3.99. The van der Waals surface area contributed by atoms with Gasteiger partial charge in [-0.2, -0.15) is 0 Å². The van der Waals surface area contributed by atoms with E-state index in [2.05, 4.69) is 9.97 Å². The summed E-state index contributed by atoms with van der Waals surface area (Å²) in [6, 6.07) is 3.85. The highest BCUT2D eigenvalue weighted by Crippen LogP contribution is 2.37. The van der Waals surface area contributed by atoms with E-state index in [4.69, 9.17) is 9.31 Å². The van der Waals surface area contributed by atoms with Crippen molar-refractivity contribution in [3.05, 3.63) is 28.2 Å². The molecule has 20 heavy (non-hydrogen) atoms. The Bertz CT molecular complexity index is 714. The fourth-order valence-electron chi connectivity index (χ4n) is 2.49. The largest absolute Gasteiger partial charge is 0.497 e. The van der Waals surface area contributed by atoms with Gasteiger partial charge < -0.3 is 19.3 Å². The van der Waals surface area contributed by atoms with E-state index in [1.54, 1.807) is 0 Å². The van der Waals surface area contributed by atoms with Crippen molar-refractivity contribution in [1.29, 1.82) is 0 Å². The summed E-state index contributed by atoms with van der Waals surface area (Å²) in [5, 5.41) is 0. The minimum absolute atomic E-state index is 0.219. The zero-order chi connectivity index (χ0) is 14.7. The molecule has 2 N–H and O–H groups in total. The van der Waals surface area contributed by atoms with E-state index >= 15 is 0 Å². The first-order valence-corrected chi connectivity index (χ1v) is 6.78. The summed E-state index contributed by atoms with van der Waals surface area (Å²) < 4.78 is 12.2. The lowest BCUT2D eigenvalue weighted by Gasteiger charge is -2.32. The van der Waals surface area contributed by atoms with Gasteiger partial charge in [-0.25, -0.2) is 4.79 Å². The molecule has 0 amide bonds. The van der Waals surface area contributed by atoms with Crippen molar-refractivity contribution in [2.75, 3.05) is 0 Å². The van der Waals surface area contributed by atoms with E-state index in [0.717, 1.165) is 22.1 Å². The monoisotopic (exact) mass is 274 g/mol. The molecule has 1 fully saturated rings. The number of aryl methyl sites for hydroxylation is 1. The van der Waals surface area contributed by atoms with Crippen LogP contribution in [0, 0.1) is 6.92 Å². The first-order valence-electron chi connectivity index (χ1n) is 6.78. The van der Waals surface area contributed by atoms with Crippen LogP contribution in [0.4, 0.5) is 0 Å². The topological polar surface area (TPSA) is 67.1 Å². The molecule has 106 valence electrons. The fraction of sp³-hybridized carbons (Fsp3) is 0.500. The normalized spacial score (nSPS) is 20.8. The average Bonchev–Trinajstić information content (AvgIpc) is 2.76. The van der Waals surface area contributed by atoms with Gasteiger partial charge in [-0.15, -0.1) is 0 Å². The van der Waals surface area contributed by atoms with Gasteiger partial charge in [0.2, 0.25) is 0 Å². The van der Waals surface area contributed by atoms with Crippen molar-refractivity contribution in [2.24, 2.45) is 0 Å². The Morgan fingerprint density at radius 2 is 1.65 bits per heavy atom. The second-order valence-corrected chi connectivity index (χ2v) is 6.39. The van der Waals surface area contributed by atoms with Gasteiger partial charge in [0.25, 0.3) is 0 Å². The third-order valence-corrected chi connectivity index (χ3v) is 4.44. The SMILES string of the molecule is Cc1ccc2[nH]c(=O)[nH]c2c1B1OC(C)(C)C(C)(C)O1. The number of aromatic amines is 2. The smallest absolute Gasteiger partial charge is 0.399 e. The Balaban J connectivity index is 2.16. The van der Waals surface area contributed by atoms with Crippen molar-refractivity contribution in [3.63, 3.8) is 0 Å². The molecule has 0 saturated carbocycles. The highest BCUT2D eigenvalue weighted by molar-refractivity contribution is 6.65. The molecule has 1 aliphatic rings. The van der Waals surface area contributed by atoms with Gasteiger partial charge in [0.05, 0.1) is 22.2 Å². The Labute approximate surface area is 117 Å². The van der Waals surface area contributed by atoms with Crippen molar-refractivity contribution >= 4 is 23.6 Å². The van der Waals surface area contributed by atoms with E-state index in [9.17, 15) is 4.79 Å². The van der Waals surface area contributed by atoms with Crippen molar-refractivity contribution in [3.8, 4) is 0 Å². The molecular formula is C14H19BN2O3. The quantitative estimate of drug-likeness (QED) is 0.774. The maximum absolute atomic E-state index is 11.5. The van der Waals surface area contributed by atoms with E-state index in [1.807, 2.05) is 46.8 Å². The number of fused-ring (bicyclic) bond motifs is 1. The van der Waals surface area contributed by atoms with Crippen LogP contribution in [0.2, 0.25) is 0 Å². The molecule has 3 rings (SSSR count). The first kappa shape index (κ1) is 13.5. The number of hydrogen-bond acceptors (Lipinski definition) is 3. The predicted octanol–water partition coefficient (Wildman–Crippen LogP) is 1.46. The average molecular weight is 274 g/mol. The molecule has 2 heterocycles. The van der Waals surface area contributed by atoms with Crippen LogP contribution >= 0.6 is 0 Å². The number of nitrogens with one attached hydrogen (secondary N) is 2. The summed E-state index contributed by atoms with van der Waals surface area (Å²) in [5.41, 5.74) is 2.43. The van der Waals surface area contributed by atoms with Gasteiger partial charge in [0.1, 0.15) is 0 Å². The maximum Gasteiger partial charge on any atom is 0.497 e. The first-order chi connectivity index (χ1) is 9.21. The van der Waals surface area contributed by atoms with Crippen LogP contribution in [-0.4, -0.2) is 28.3 Å². The number of rotatable bonds is 1. The number of benzene rings is 1. The van der Waals surface area contributed by atoms with Crippen molar-refractivity contribution in [2.45, 2.75) is 45.8 Å². The van der Waals surface area contributed by atoms with Crippen LogP contribution in [0.1, 0.15) is 33.3 Å². The lowest BCUT2D eigenvalue weighted by Crippen LogP contribution is -2.41. The number of aromatic nitrogens is 2. The van der Waals surface area contributed by atoms with Gasteiger partial charge in [-0.1, -0.05) is 6.07 Å². The lowest BCUT2D eigenvalue weighted by atomic mass is 9.75. The molecular weight excluding hydrogens is 255 g/mol. The summed E-state index contributed by atoms with van der Waals surface area (Å²) >= 11 is 0.